The Morgan fingerprint density at radius 2 is 0.896 bits per heavy atom. The number of anilines is 2. The number of pyridine rings is 1. The van der Waals surface area contributed by atoms with Gasteiger partial charge in [0.25, 0.3) is 0 Å². The zero-order chi connectivity index (χ0) is 46.7. The number of nitrogens with zero attached hydrogens (tertiary/aromatic N) is 4. The summed E-state index contributed by atoms with van der Waals surface area (Å²) in [5.41, 5.74) is 14.8. The van der Waals surface area contributed by atoms with Crippen molar-refractivity contribution in [3.8, 4) is 50.7 Å². The van der Waals surface area contributed by atoms with Crippen LogP contribution in [-0.2, 0) is 5.41 Å². The van der Waals surface area contributed by atoms with Crippen LogP contribution in [0.4, 0.5) is 11.4 Å². The quantitative estimate of drug-likeness (QED) is 0.152. The van der Waals surface area contributed by atoms with E-state index < -0.39 is 0 Å². The van der Waals surface area contributed by atoms with E-state index in [1.165, 1.54) is 44.6 Å². The van der Waals surface area contributed by atoms with Crippen molar-refractivity contribution in [3.05, 3.63) is 205 Å². The van der Waals surface area contributed by atoms with E-state index in [1.54, 1.807) is 0 Å². The van der Waals surface area contributed by atoms with Crippen molar-refractivity contribution in [1.82, 2.24) is 9.55 Å². The van der Waals surface area contributed by atoms with Gasteiger partial charge >= 0.3 is 0 Å². The van der Waals surface area contributed by atoms with Crippen LogP contribution in [0.2, 0.25) is 0 Å². The summed E-state index contributed by atoms with van der Waals surface area (Å²) >= 11 is 0. The first kappa shape index (κ1) is 43.5. The van der Waals surface area contributed by atoms with Gasteiger partial charge in [-0.1, -0.05) is 172 Å². The maximum Gasteiger partial charge on any atom is 0.137 e. The molecule has 0 unspecified atom stereocenters. The molecule has 0 saturated carbocycles. The van der Waals surface area contributed by atoms with Gasteiger partial charge in [0.2, 0.25) is 0 Å². The van der Waals surface area contributed by atoms with Crippen molar-refractivity contribution in [2.45, 2.75) is 67.7 Å². The Bertz CT molecular complexity index is 3230. The summed E-state index contributed by atoms with van der Waals surface area (Å²) in [4.78, 5) is 10.0. The first-order chi connectivity index (χ1) is 32.1. The van der Waals surface area contributed by atoms with E-state index in [9.17, 15) is 0 Å². The highest BCUT2D eigenvalue weighted by Crippen LogP contribution is 2.50. The minimum atomic E-state index is -0.211. The first-order valence-corrected chi connectivity index (χ1v) is 23.5. The monoisotopic (exact) mass is 876 g/mol. The summed E-state index contributed by atoms with van der Waals surface area (Å²) in [5.74, 6) is 2.42. The summed E-state index contributed by atoms with van der Waals surface area (Å²) in [6.07, 6.45) is 1.93. The zero-order valence-corrected chi connectivity index (χ0v) is 40.3. The van der Waals surface area contributed by atoms with Gasteiger partial charge in [0.1, 0.15) is 17.3 Å². The highest BCUT2D eigenvalue weighted by molar-refractivity contribution is 6.09. The van der Waals surface area contributed by atoms with Gasteiger partial charge in [-0.15, -0.1) is 0 Å². The Kier molecular flexibility index (Phi) is 10.9. The SMILES string of the molecule is CC(C)(C)C1=C(C(C)(C)C)N(c2cc(-c3ccccc3)cc(-c3ccccc3)c2)CN1c1cc(Oc2ccc3c4ccccc4n(-c4cc(C(C)(C)C)ccn4)c3c2)cc(-c2ccccc2)c1. The third-order valence-electron chi connectivity index (χ3n) is 12.9. The predicted molar refractivity (Wildman–Crippen MR) is 282 cm³/mol. The number of rotatable bonds is 8. The third kappa shape index (κ3) is 8.51. The molecule has 3 heterocycles. The fourth-order valence-corrected chi connectivity index (χ4v) is 9.84. The molecule has 0 bridgehead atoms. The number of ether oxygens (including phenoxy) is 1. The van der Waals surface area contributed by atoms with Gasteiger partial charge in [0.05, 0.1) is 17.7 Å². The summed E-state index contributed by atoms with van der Waals surface area (Å²) in [6.45, 7) is 21.5. The Morgan fingerprint density at radius 1 is 0.403 bits per heavy atom. The molecule has 5 heteroatoms. The number of para-hydroxylation sites is 1. The molecule has 1 aliphatic rings. The maximum atomic E-state index is 7.08. The van der Waals surface area contributed by atoms with Gasteiger partial charge < -0.3 is 14.5 Å². The lowest BCUT2D eigenvalue weighted by molar-refractivity contribution is 0.444. The Hall–Kier alpha value is -7.37. The molecule has 2 aromatic heterocycles. The van der Waals surface area contributed by atoms with E-state index in [1.807, 2.05) is 6.20 Å². The molecule has 5 nitrogen and oxygen atoms in total. The summed E-state index contributed by atoms with van der Waals surface area (Å²) < 4.78 is 9.36. The molecule has 0 saturated heterocycles. The number of aromatic nitrogens is 2. The topological polar surface area (TPSA) is 33.5 Å². The van der Waals surface area contributed by atoms with Crippen molar-refractivity contribution in [1.29, 1.82) is 0 Å². The molecular formula is C62H60N4O. The highest BCUT2D eigenvalue weighted by Gasteiger charge is 2.42. The van der Waals surface area contributed by atoms with Gasteiger partial charge in [0.15, 0.2) is 0 Å². The molecular weight excluding hydrogens is 817 g/mol. The Morgan fingerprint density at radius 3 is 1.43 bits per heavy atom. The average molecular weight is 877 g/mol. The number of hydrogen-bond donors (Lipinski definition) is 0. The molecule has 0 radical (unpaired) electrons. The second kappa shape index (κ2) is 16.8. The van der Waals surface area contributed by atoms with E-state index >= 15 is 0 Å². The average Bonchev–Trinajstić information content (AvgIpc) is 3.90. The molecule has 7 aromatic carbocycles. The largest absolute Gasteiger partial charge is 0.457 e. The zero-order valence-electron chi connectivity index (χ0n) is 40.3. The van der Waals surface area contributed by atoms with Crippen LogP contribution >= 0.6 is 0 Å². The van der Waals surface area contributed by atoms with Crippen molar-refractivity contribution < 1.29 is 4.74 Å². The smallest absolute Gasteiger partial charge is 0.137 e. The van der Waals surface area contributed by atoms with Gasteiger partial charge in [-0.3, -0.25) is 4.57 Å². The molecule has 0 fully saturated rings. The Labute approximate surface area is 396 Å². The molecule has 0 amide bonds. The fourth-order valence-electron chi connectivity index (χ4n) is 9.84. The Balaban J connectivity index is 1.12. The van der Waals surface area contributed by atoms with Gasteiger partial charge in [-0.25, -0.2) is 4.98 Å². The number of fused-ring (bicyclic) bond motifs is 3. The summed E-state index contributed by atoms with van der Waals surface area (Å²) in [5, 5.41) is 2.34. The van der Waals surface area contributed by atoms with Crippen molar-refractivity contribution in [2.75, 3.05) is 16.5 Å². The molecule has 0 N–H and O–H groups in total. The molecule has 67 heavy (non-hydrogen) atoms. The van der Waals surface area contributed by atoms with E-state index in [2.05, 4.69) is 259 Å². The molecule has 10 rings (SSSR count). The predicted octanol–water partition coefficient (Wildman–Crippen LogP) is 16.9. The summed E-state index contributed by atoms with van der Waals surface area (Å²) in [6, 6.07) is 65.4. The van der Waals surface area contributed by atoms with Crippen LogP contribution in [0.25, 0.3) is 61.0 Å². The second-order valence-electron chi connectivity index (χ2n) is 21.1. The van der Waals surface area contributed by atoms with E-state index in [-0.39, 0.29) is 16.2 Å². The van der Waals surface area contributed by atoms with Crippen LogP contribution in [0.3, 0.4) is 0 Å². The first-order valence-electron chi connectivity index (χ1n) is 23.5. The number of allylic oxidation sites excluding steroid dienone is 2. The number of benzene rings is 7. The molecule has 0 spiro atoms. The third-order valence-corrected chi connectivity index (χ3v) is 12.9. The van der Waals surface area contributed by atoms with E-state index in [0.29, 0.717) is 6.67 Å². The van der Waals surface area contributed by atoms with Crippen molar-refractivity contribution >= 4 is 33.2 Å². The van der Waals surface area contributed by atoms with Crippen LogP contribution in [-0.4, -0.2) is 16.2 Å². The lowest BCUT2D eigenvalue weighted by Gasteiger charge is -2.34. The van der Waals surface area contributed by atoms with Crippen molar-refractivity contribution in [3.63, 3.8) is 0 Å². The standard InChI is InChI=1S/C62H60N4O/c1-60(2,3)48-31-32-63-57(38-48)66-55-28-20-19-27-53(55)54-30-29-51(40-56(54)66)67-52-37-47(44-25-17-12-18-26-44)36-50(39-52)65-41-64(58(61(4,5)6)59(65)62(7,8)9)49-34-45(42-21-13-10-14-22-42)33-46(35-49)43-23-15-11-16-24-43/h10-40H,41H2,1-9H3. The van der Waals surface area contributed by atoms with Crippen LogP contribution < -0.4 is 14.5 Å². The minimum absolute atomic E-state index is 0.0223. The lowest BCUT2D eigenvalue weighted by Crippen LogP contribution is -2.31. The molecule has 0 aliphatic carbocycles. The van der Waals surface area contributed by atoms with Crippen LogP contribution in [0.1, 0.15) is 67.9 Å². The lowest BCUT2D eigenvalue weighted by atomic mass is 9.81. The number of hydrogen-bond acceptors (Lipinski definition) is 4. The van der Waals surface area contributed by atoms with E-state index in [4.69, 9.17) is 9.72 Å². The minimum Gasteiger partial charge on any atom is -0.457 e. The normalized spacial score (nSPS) is 13.6. The molecule has 9 aromatic rings. The highest BCUT2D eigenvalue weighted by atomic mass is 16.5. The fraction of sp³-hybridized carbons (Fsp3) is 0.210. The molecule has 1 aliphatic heterocycles. The molecule has 0 atom stereocenters. The maximum absolute atomic E-state index is 7.08. The van der Waals surface area contributed by atoms with Crippen LogP contribution in [0.5, 0.6) is 11.5 Å². The van der Waals surface area contributed by atoms with Gasteiger partial charge in [-0.05, 0) is 105 Å². The second-order valence-corrected chi connectivity index (χ2v) is 21.1. The van der Waals surface area contributed by atoms with Crippen LogP contribution in [0.15, 0.2) is 200 Å². The molecule has 334 valence electrons. The van der Waals surface area contributed by atoms with Gasteiger partial charge in [-0.2, -0.15) is 0 Å². The van der Waals surface area contributed by atoms with Gasteiger partial charge in [0, 0.05) is 62.7 Å². The van der Waals surface area contributed by atoms with Crippen molar-refractivity contribution in [2.24, 2.45) is 10.8 Å². The van der Waals surface area contributed by atoms with E-state index in [0.717, 1.165) is 56.2 Å². The van der Waals surface area contributed by atoms with Crippen LogP contribution in [0, 0.1) is 10.8 Å². The summed E-state index contributed by atoms with van der Waals surface area (Å²) in [7, 11) is 0.